The average Bonchev–Trinajstić information content (AvgIpc) is 2.92. The third kappa shape index (κ3) is 16.1. The van der Waals surface area contributed by atoms with E-state index in [2.05, 4.69) is 25.5 Å². The first-order valence-corrected chi connectivity index (χ1v) is 12.4. The summed E-state index contributed by atoms with van der Waals surface area (Å²) in [5, 5.41) is 0. The lowest BCUT2D eigenvalue weighted by atomic mass is 10.0. The van der Waals surface area contributed by atoms with Crippen LogP contribution in [0.2, 0.25) is 0 Å². The molecule has 0 unspecified atom stereocenters. The third-order valence-electron chi connectivity index (χ3n) is 4.69. The molecular weight excluding hydrogens is 492 g/mol. The Morgan fingerprint density at radius 3 is 1.63 bits per heavy atom. The second-order valence-electron chi connectivity index (χ2n) is 7.65. The molecule has 0 spiro atoms. The van der Waals surface area contributed by atoms with Gasteiger partial charge in [-0.15, -0.1) is 12.3 Å². The van der Waals surface area contributed by atoms with Crippen molar-refractivity contribution in [3.63, 3.8) is 0 Å². The van der Waals surface area contributed by atoms with E-state index in [1.165, 1.54) is 30.7 Å². The number of ether oxygens (including phenoxy) is 6. The molecule has 210 valence electrons. The van der Waals surface area contributed by atoms with Gasteiger partial charge in [0.1, 0.15) is 0 Å². The summed E-state index contributed by atoms with van der Waals surface area (Å²) in [6.07, 6.45) is 11.2. The van der Waals surface area contributed by atoms with Crippen molar-refractivity contribution >= 4 is 17.9 Å². The van der Waals surface area contributed by atoms with Crippen LogP contribution in [0.4, 0.5) is 0 Å². The van der Waals surface area contributed by atoms with Crippen LogP contribution < -0.4 is 0 Å². The Morgan fingerprint density at radius 1 is 0.737 bits per heavy atom. The molecule has 0 aliphatic heterocycles. The maximum Gasteiger partial charge on any atom is 0.339 e. The Morgan fingerprint density at radius 2 is 1.16 bits per heavy atom. The molecule has 0 fully saturated rings. The summed E-state index contributed by atoms with van der Waals surface area (Å²) >= 11 is 0. The molecule has 38 heavy (non-hydrogen) atoms. The molecule has 0 saturated carbocycles. The fourth-order valence-electron chi connectivity index (χ4n) is 2.84. The van der Waals surface area contributed by atoms with Crippen LogP contribution in [0.5, 0.6) is 0 Å². The molecule has 0 atom stereocenters. The second kappa shape index (κ2) is 23.6. The smallest absolute Gasteiger partial charge is 0.339 e. The molecule has 9 nitrogen and oxygen atoms in total. The molecule has 0 amide bonds. The summed E-state index contributed by atoms with van der Waals surface area (Å²) in [7, 11) is 1.59. The monoisotopic (exact) mass is 532 g/mol. The zero-order valence-electron chi connectivity index (χ0n) is 22.5. The van der Waals surface area contributed by atoms with Crippen LogP contribution in [0.15, 0.2) is 43.9 Å². The van der Waals surface area contributed by atoms with Gasteiger partial charge in [-0.1, -0.05) is 13.2 Å². The van der Waals surface area contributed by atoms with Crippen molar-refractivity contribution < 1.29 is 42.8 Å². The molecule has 0 bridgehead atoms. The van der Waals surface area contributed by atoms with Gasteiger partial charge in [0.05, 0.1) is 62.2 Å². The molecule has 0 saturated heterocycles. The molecule has 0 heterocycles. The van der Waals surface area contributed by atoms with Gasteiger partial charge in [-0.2, -0.15) is 0 Å². The Kier molecular flexibility index (Phi) is 21.3. The quantitative estimate of drug-likeness (QED) is 0.0745. The maximum absolute atomic E-state index is 12.7. The van der Waals surface area contributed by atoms with Gasteiger partial charge in [0, 0.05) is 13.7 Å². The van der Waals surface area contributed by atoms with E-state index in [0.717, 1.165) is 6.42 Å². The summed E-state index contributed by atoms with van der Waals surface area (Å²) in [5.41, 5.74) is 0.106. The van der Waals surface area contributed by atoms with Crippen LogP contribution in [-0.4, -0.2) is 64.7 Å². The molecule has 9 heteroatoms. The summed E-state index contributed by atoms with van der Waals surface area (Å²) in [5.74, 6) is 0.249. The highest BCUT2D eigenvalue weighted by atomic mass is 16.5. The Hall–Kier alpha value is -3.77. The van der Waals surface area contributed by atoms with Crippen LogP contribution in [0.25, 0.3) is 0 Å². The average molecular weight is 533 g/mol. The highest BCUT2D eigenvalue weighted by molar-refractivity contribution is 6.05. The molecule has 1 rings (SSSR count). The van der Waals surface area contributed by atoms with E-state index in [9.17, 15) is 14.4 Å². The number of methoxy groups -OCH3 is 1. The van der Waals surface area contributed by atoms with Crippen molar-refractivity contribution in [2.24, 2.45) is 0 Å². The summed E-state index contributed by atoms with van der Waals surface area (Å²) in [6, 6.07) is 4.10. The highest BCUT2D eigenvalue weighted by Crippen LogP contribution is 2.17. The normalized spacial score (nSPS) is 9.61. The first kappa shape index (κ1) is 34.2. The van der Waals surface area contributed by atoms with Crippen molar-refractivity contribution in [2.45, 2.75) is 45.4 Å². The zero-order chi connectivity index (χ0) is 28.4. The maximum atomic E-state index is 12.7. The molecule has 0 N–H and O–H groups in total. The van der Waals surface area contributed by atoms with Gasteiger partial charge in [-0.3, -0.25) is 0 Å². The zero-order valence-corrected chi connectivity index (χ0v) is 22.5. The number of hydrogen-bond donors (Lipinski definition) is 0. The number of rotatable bonds is 20. The van der Waals surface area contributed by atoms with E-state index >= 15 is 0 Å². The van der Waals surface area contributed by atoms with E-state index in [-0.39, 0.29) is 36.5 Å². The van der Waals surface area contributed by atoms with Gasteiger partial charge in [-0.25, -0.2) is 14.4 Å². The Bertz CT molecular complexity index is 887. The van der Waals surface area contributed by atoms with Crippen LogP contribution in [-0.2, 0) is 28.4 Å². The number of carbonyl (C=O) groups excluding carboxylic acids is 3. The predicted molar refractivity (Wildman–Crippen MR) is 144 cm³/mol. The molecule has 0 radical (unpaired) electrons. The van der Waals surface area contributed by atoms with Crippen molar-refractivity contribution in [3.05, 3.63) is 60.6 Å². The van der Waals surface area contributed by atoms with Crippen molar-refractivity contribution in [2.75, 3.05) is 46.8 Å². The molecule has 0 aliphatic carbocycles. The number of hydrogen-bond acceptors (Lipinski definition) is 9. The lowest BCUT2D eigenvalue weighted by Gasteiger charge is -2.12. The fraction of sp³-hybridized carbons (Fsp3) is 0.483. The number of esters is 3. The minimum absolute atomic E-state index is 0.0207. The van der Waals surface area contributed by atoms with Crippen LogP contribution in [0.3, 0.4) is 0 Å². The van der Waals surface area contributed by atoms with E-state index in [1.54, 1.807) is 14.0 Å². The largest absolute Gasteiger partial charge is 0.502 e. The Labute approximate surface area is 226 Å². The first-order chi connectivity index (χ1) is 18.5. The van der Waals surface area contributed by atoms with Gasteiger partial charge < -0.3 is 28.4 Å². The summed E-state index contributed by atoms with van der Waals surface area (Å²) < 4.78 is 30.9. The van der Waals surface area contributed by atoms with Crippen molar-refractivity contribution in [1.82, 2.24) is 0 Å². The minimum atomic E-state index is -0.718. The highest BCUT2D eigenvalue weighted by Gasteiger charge is 2.22. The molecule has 0 aromatic heterocycles. The van der Waals surface area contributed by atoms with Crippen LogP contribution in [0.1, 0.15) is 76.5 Å². The van der Waals surface area contributed by atoms with Gasteiger partial charge in [0.2, 0.25) is 0 Å². The molecular formula is C29H40O9. The lowest BCUT2D eigenvalue weighted by molar-refractivity contribution is 0.0441. The number of carbonyl (C=O) groups is 3. The standard InChI is InChI=1S/C26H36O9.C3H4/c1-4-31-15-7-10-17-33-24(27)21-12-13-22(25(28)34-19-11-8-16-32-5-2)23(20-21)26(29)35-18-9-6-14-30-3;1-3-2/h4-5,12-13,20H,1-2,6-11,14-19H2,3H3;1H,2H3. The Balaban J connectivity index is 0.00000434. The lowest BCUT2D eigenvalue weighted by Crippen LogP contribution is -2.17. The van der Waals surface area contributed by atoms with Gasteiger partial charge in [0.25, 0.3) is 0 Å². The van der Waals surface area contributed by atoms with E-state index < -0.39 is 17.9 Å². The SMILES string of the molecule is C#CC.C=COCCCCOC(=O)c1ccc(C(=O)OCCCCOC=C)c(C(=O)OCCCCOC)c1. The predicted octanol–water partition coefficient (Wildman–Crippen LogP) is 5.10. The van der Waals surface area contributed by atoms with E-state index in [0.29, 0.717) is 51.9 Å². The second-order valence-corrected chi connectivity index (χ2v) is 7.65. The molecule has 1 aromatic carbocycles. The molecule has 1 aromatic rings. The fourth-order valence-corrected chi connectivity index (χ4v) is 2.84. The first-order valence-electron chi connectivity index (χ1n) is 12.4. The third-order valence-corrected chi connectivity index (χ3v) is 4.69. The number of benzene rings is 1. The van der Waals surface area contributed by atoms with Crippen LogP contribution >= 0.6 is 0 Å². The van der Waals surface area contributed by atoms with Gasteiger partial charge in [-0.05, 0) is 63.6 Å². The summed E-state index contributed by atoms with van der Waals surface area (Å²) in [6.45, 7) is 10.6. The minimum Gasteiger partial charge on any atom is -0.502 e. The van der Waals surface area contributed by atoms with Gasteiger partial charge in [0.15, 0.2) is 0 Å². The molecule has 0 aliphatic rings. The van der Waals surface area contributed by atoms with Crippen molar-refractivity contribution in [3.8, 4) is 12.3 Å². The van der Waals surface area contributed by atoms with Gasteiger partial charge >= 0.3 is 17.9 Å². The van der Waals surface area contributed by atoms with Crippen molar-refractivity contribution in [1.29, 1.82) is 0 Å². The van der Waals surface area contributed by atoms with Crippen LogP contribution in [0, 0.1) is 12.3 Å². The van der Waals surface area contributed by atoms with E-state index in [1.807, 2.05) is 0 Å². The topological polar surface area (TPSA) is 107 Å². The van der Waals surface area contributed by atoms with E-state index in [4.69, 9.17) is 28.4 Å². The number of unbranched alkanes of at least 4 members (excludes halogenated alkanes) is 3. The summed E-state index contributed by atoms with van der Waals surface area (Å²) in [4.78, 5) is 37.8. The number of terminal acetylenes is 1.